The normalized spacial score (nSPS) is 11.8. The predicted molar refractivity (Wildman–Crippen MR) is 80.5 cm³/mol. The van der Waals surface area contributed by atoms with Crippen LogP contribution in [-0.2, 0) is 9.59 Å². The zero-order valence-electron chi connectivity index (χ0n) is 13.0. The lowest BCUT2D eigenvalue weighted by molar-refractivity contribution is -0.147. The summed E-state index contributed by atoms with van der Waals surface area (Å²) in [7, 11) is 0. The lowest BCUT2D eigenvalue weighted by Gasteiger charge is -2.27. The molecule has 1 unspecified atom stereocenters. The fourth-order valence-corrected chi connectivity index (χ4v) is 1.94. The van der Waals surface area contributed by atoms with Gasteiger partial charge in [-0.1, -0.05) is 19.1 Å². The Morgan fingerprint density at radius 2 is 2.00 bits per heavy atom. The minimum Gasteiger partial charge on any atom is -0.483 e. The number of benzene rings is 1. The van der Waals surface area contributed by atoms with Gasteiger partial charge in [0.25, 0.3) is 5.91 Å². The number of carbonyl (C=O) groups is 2. The Bertz CT molecular complexity index is 513. The molecule has 1 aromatic rings. The summed E-state index contributed by atoms with van der Waals surface area (Å²) in [5.74, 6) is -0.675. The van der Waals surface area contributed by atoms with Crippen molar-refractivity contribution >= 4 is 11.9 Å². The van der Waals surface area contributed by atoms with Gasteiger partial charge in [0.1, 0.15) is 12.3 Å². The number of carboxylic acids is 1. The molecular formula is C16H23NO4. The monoisotopic (exact) mass is 293 g/mol. The smallest absolute Gasteiger partial charge is 0.323 e. The van der Waals surface area contributed by atoms with Crippen LogP contribution in [-0.4, -0.2) is 41.1 Å². The highest BCUT2D eigenvalue weighted by Gasteiger charge is 2.22. The summed E-state index contributed by atoms with van der Waals surface area (Å²) in [5, 5.41) is 8.91. The molecule has 0 aliphatic carbocycles. The van der Waals surface area contributed by atoms with E-state index in [1.165, 1.54) is 4.90 Å². The van der Waals surface area contributed by atoms with Crippen LogP contribution in [0.5, 0.6) is 5.75 Å². The quantitative estimate of drug-likeness (QED) is 0.838. The molecule has 0 saturated carbocycles. The lowest BCUT2D eigenvalue weighted by Crippen LogP contribution is -2.44. The molecule has 0 fully saturated rings. The highest BCUT2D eigenvalue weighted by Crippen LogP contribution is 2.19. The molecule has 0 bridgehead atoms. The molecule has 5 nitrogen and oxygen atoms in total. The molecular weight excluding hydrogens is 270 g/mol. The molecule has 0 saturated heterocycles. The first-order valence-corrected chi connectivity index (χ1v) is 7.06. The van der Waals surface area contributed by atoms with Crippen LogP contribution in [0.15, 0.2) is 18.2 Å². The Kier molecular flexibility index (Phi) is 6.21. The van der Waals surface area contributed by atoms with Crippen LogP contribution in [0, 0.1) is 13.8 Å². The Balaban J connectivity index is 2.73. The molecule has 1 amide bonds. The van der Waals surface area contributed by atoms with Crippen molar-refractivity contribution < 1.29 is 19.4 Å². The molecule has 1 rings (SSSR count). The Morgan fingerprint density at radius 3 is 2.57 bits per heavy atom. The number of hydrogen-bond acceptors (Lipinski definition) is 3. The second-order valence-corrected chi connectivity index (χ2v) is 5.23. The Labute approximate surface area is 125 Å². The molecule has 0 spiro atoms. The van der Waals surface area contributed by atoms with Crippen molar-refractivity contribution in [3.05, 3.63) is 29.3 Å². The number of carbonyl (C=O) groups excluding carboxylic acids is 1. The molecule has 0 radical (unpaired) electrons. The van der Waals surface area contributed by atoms with Crippen molar-refractivity contribution in [1.82, 2.24) is 4.90 Å². The second kappa shape index (κ2) is 7.67. The molecule has 21 heavy (non-hydrogen) atoms. The van der Waals surface area contributed by atoms with E-state index in [4.69, 9.17) is 9.84 Å². The third-order valence-corrected chi connectivity index (χ3v) is 3.44. The fourth-order valence-electron chi connectivity index (χ4n) is 1.94. The summed E-state index contributed by atoms with van der Waals surface area (Å²) in [5.41, 5.74) is 1.99. The predicted octanol–water partition coefficient (Wildman–Crippen LogP) is 2.39. The van der Waals surface area contributed by atoms with Gasteiger partial charge in [0.2, 0.25) is 0 Å². The maximum Gasteiger partial charge on any atom is 0.323 e. The first-order chi connectivity index (χ1) is 9.85. The molecule has 1 N–H and O–H groups in total. The summed E-state index contributed by atoms with van der Waals surface area (Å²) in [6.07, 6.45) is 0.697. The molecule has 1 atom stereocenters. The number of aliphatic carboxylic acids is 1. The SMILES string of the molecule is CCC(C)N(CC(=O)O)C(=O)COc1cc(C)ccc1C. The van der Waals surface area contributed by atoms with Gasteiger partial charge in [-0.05, 0) is 44.4 Å². The number of ether oxygens (including phenoxy) is 1. The van der Waals surface area contributed by atoms with Crippen molar-refractivity contribution in [2.75, 3.05) is 13.2 Å². The summed E-state index contributed by atoms with van der Waals surface area (Å²) >= 11 is 0. The largest absolute Gasteiger partial charge is 0.483 e. The third kappa shape index (κ3) is 5.10. The van der Waals surface area contributed by atoms with E-state index in [1.54, 1.807) is 0 Å². The van der Waals surface area contributed by atoms with E-state index in [1.807, 2.05) is 45.9 Å². The fraction of sp³-hybridized carbons (Fsp3) is 0.500. The summed E-state index contributed by atoms with van der Waals surface area (Å²) in [6, 6.07) is 5.64. The molecule has 5 heteroatoms. The van der Waals surface area contributed by atoms with E-state index in [-0.39, 0.29) is 25.1 Å². The van der Waals surface area contributed by atoms with Gasteiger partial charge in [-0.3, -0.25) is 9.59 Å². The molecule has 0 heterocycles. The van der Waals surface area contributed by atoms with Crippen LogP contribution in [0.3, 0.4) is 0 Å². The van der Waals surface area contributed by atoms with Crippen molar-refractivity contribution in [3.8, 4) is 5.75 Å². The van der Waals surface area contributed by atoms with Gasteiger partial charge in [-0.25, -0.2) is 0 Å². The van der Waals surface area contributed by atoms with Crippen LogP contribution in [0.4, 0.5) is 0 Å². The van der Waals surface area contributed by atoms with Crippen LogP contribution in [0.25, 0.3) is 0 Å². The molecule has 116 valence electrons. The number of aryl methyl sites for hydroxylation is 2. The first-order valence-electron chi connectivity index (χ1n) is 7.06. The Morgan fingerprint density at radius 1 is 1.33 bits per heavy atom. The maximum absolute atomic E-state index is 12.2. The standard InChI is InChI=1S/C16H23NO4/c1-5-13(4)17(9-16(19)20)15(18)10-21-14-8-11(2)6-7-12(14)3/h6-8,13H,5,9-10H2,1-4H3,(H,19,20). The minimum atomic E-state index is -1.02. The highest BCUT2D eigenvalue weighted by molar-refractivity contribution is 5.82. The van der Waals surface area contributed by atoms with E-state index >= 15 is 0 Å². The van der Waals surface area contributed by atoms with Gasteiger partial charge in [-0.15, -0.1) is 0 Å². The van der Waals surface area contributed by atoms with Gasteiger partial charge in [0, 0.05) is 6.04 Å². The molecule has 0 aliphatic rings. The zero-order valence-corrected chi connectivity index (χ0v) is 13.0. The lowest BCUT2D eigenvalue weighted by atomic mass is 10.1. The van der Waals surface area contributed by atoms with Gasteiger partial charge in [-0.2, -0.15) is 0 Å². The Hall–Kier alpha value is -2.04. The van der Waals surface area contributed by atoms with Gasteiger partial charge < -0.3 is 14.7 Å². The molecule has 0 aromatic heterocycles. The average molecular weight is 293 g/mol. The highest BCUT2D eigenvalue weighted by atomic mass is 16.5. The van der Waals surface area contributed by atoms with Crippen LogP contribution in [0.1, 0.15) is 31.4 Å². The topological polar surface area (TPSA) is 66.8 Å². The van der Waals surface area contributed by atoms with Crippen LogP contribution in [0.2, 0.25) is 0 Å². The summed E-state index contributed by atoms with van der Waals surface area (Å²) < 4.78 is 5.55. The van der Waals surface area contributed by atoms with E-state index in [2.05, 4.69) is 0 Å². The van der Waals surface area contributed by atoms with Crippen molar-refractivity contribution in [2.45, 2.75) is 40.2 Å². The molecule has 1 aromatic carbocycles. The molecule has 0 aliphatic heterocycles. The maximum atomic E-state index is 12.2. The zero-order chi connectivity index (χ0) is 16.0. The van der Waals surface area contributed by atoms with Crippen LogP contribution < -0.4 is 4.74 Å². The van der Waals surface area contributed by atoms with Gasteiger partial charge in [0.05, 0.1) is 0 Å². The number of hydrogen-bond donors (Lipinski definition) is 1. The van der Waals surface area contributed by atoms with Crippen molar-refractivity contribution in [3.63, 3.8) is 0 Å². The summed E-state index contributed by atoms with van der Waals surface area (Å²) in [4.78, 5) is 24.4. The van der Waals surface area contributed by atoms with Gasteiger partial charge >= 0.3 is 5.97 Å². The second-order valence-electron chi connectivity index (χ2n) is 5.23. The number of nitrogens with zero attached hydrogens (tertiary/aromatic N) is 1. The third-order valence-electron chi connectivity index (χ3n) is 3.44. The average Bonchev–Trinajstić information content (AvgIpc) is 2.44. The van der Waals surface area contributed by atoms with Crippen molar-refractivity contribution in [1.29, 1.82) is 0 Å². The van der Waals surface area contributed by atoms with E-state index < -0.39 is 5.97 Å². The van der Waals surface area contributed by atoms with Crippen LogP contribution >= 0.6 is 0 Å². The van der Waals surface area contributed by atoms with E-state index in [0.29, 0.717) is 12.2 Å². The number of amides is 1. The van der Waals surface area contributed by atoms with Gasteiger partial charge in [0.15, 0.2) is 6.61 Å². The van der Waals surface area contributed by atoms with E-state index in [0.717, 1.165) is 11.1 Å². The first kappa shape index (κ1) is 17.0. The minimum absolute atomic E-state index is 0.129. The number of carboxylic acid groups (broad SMARTS) is 1. The number of rotatable bonds is 7. The van der Waals surface area contributed by atoms with Crippen molar-refractivity contribution in [2.24, 2.45) is 0 Å². The summed E-state index contributed by atoms with van der Waals surface area (Å²) in [6.45, 7) is 7.15. The van der Waals surface area contributed by atoms with E-state index in [9.17, 15) is 9.59 Å².